The molecule has 0 saturated carbocycles. The maximum atomic E-state index is 6.23. The van der Waals surface area contributed by atoms with Crippen LogP contribution in [0.25, 0.3) is 0 Å². The molecule has 21 heavy (non-hydrogen) atoms. The van der Waals surface area contributed by atoms with Crippen LogP contribution in [0.4, 0.5) is 0 Å². The van der Waals surface area contributed by atoms with Gasteiger partial charge in [-0.2, -0.15) is 0 Å². The quantitative estimate of drug-likeness (QED) is 0.885. The summed E-state index contributed by atoms with van der Waals surface area (Å²) >= 11 is 6.23. The highest BCUT2D eigenvalue weighted by atomic mass is 35.5. The first-order valence-corrected chi connectivity index (χ1v) is 6.93. The zero-order chi connectivity index (χ0) is 15.2. The van der Waals surface area contributed by atoms with Crippen molar-refractivity contribution in [2.24, 2.45) is 5.73 Å². The van der Waals surface area contributed by atoms with Gasteiger partial charge in [-0.05, 0) is 30.7 Å². The maximum absolute atomic E-state index is 6.23. The van der Waals surface area contributed by atoms with Crippen molar-refractivity contribution in [1.82, 2.24) is 0 Å². The Balaban J connectivity index is 2.25. The predicted octanol–water partition coefficient (Wildman–Crippen LogP) is 3.65. The number of benzene rings is 2. The summed E-state index contributed by atoms with van der Waals surface area (Å²) in [4.78, 5) is 0. The molecule has 4 nitrogen and oxygen atoms in total. The topological polar surface area (TPSA) is 53.7 Å². The summed E-state index contributed by atoms with van der Waals surface area (Å²) < 4.78 is 16.2. The van der Waals surface area contributed by atoms with Crippen molar-refractivity contribution in [1.29, 1.82) is 0 Å². The maximum Gasteiger partial charge on any atom is 0.146 e. The Morgan fingerprint density at radius 3 is 2.10 bits per heavy atom. The van der Waals surface area contributed by atoms with Gasteiger partial charge in [-0.15, -0.1) is 0 Å². The highest BCUT2D eigenvalue weighted by Crippen LogP contribution is 2.34. The molecule has 5 heteroatoms. The first-order chi connectivity index (χ1) is 10.2. The van der Waals surface area contributed by atoms with Gasteiger partial charge < -0.3 is 19.9 Å². The van der Waals surface area contributed by atoms with Gasteiger partial charge in [0.1, 0.15) is 23.0 Å². The third-order valence-electron chi connectivity index (χ3n) is 2.98. The van der Waals surface area contributed by atoms with E-state index in [1.807, 2.05) is 18.2 Å². The Morgan fingerprint density at radius 1 is 0.952 bits per heavy atom. The molecule has 2 aromatic rings. The van der Waals surface area contributed by atoms with Crippen LogP contribution in [0, 0.1) is 0 Å². The van der Waals surface area contributed by atoms with E-state index in [-0.39, 0.29) is 0 Å². The lowest BCUT2D eigenvalue weighted by Crippen LogP contribution is -2.02. The average Bonchev–Trinajstić information content (AvgIpc) is 2.50. The van der Waals surface area contributed by atoms with Gasteiger partial charge in [0.2, 0.25) is 0 Å². The van der Waals surface area contributed by atoms with E-state index in [4.69, 9.17) is 31.5 Å². The number of nitrogens with two attached hydrogens (primary N) is 1. The molecule has 2 aromatic carbocycles. The van der Waals surface area contributed by atoms with Crippen molar-refractivity contribution >= 4 is 11.6 Å². The highest BCUT2D eigenvalue weighted by molar-refractivity contribution is 6.32. The van der Waals surface area contributed by atoms with Crippen molar-refractivity contribution in [2.45, 2.75) is 6.42 Å². The molecule has 0 aliphatic rings. The first-order valence-electron chi connectivity index (χ1n) is 6.55. The molecule has 0 saturated heterocycles. The molecule has 0 amide bonds. The van der Waals surface area contributed by atoms with E-state index < -0.39 is 0 Å². The molecule has 0 fully saturated rings. The smallest absolute Gasteiger partial charge is 0.146 e. The number of hydrogen-bond donors (Lipinski definition) is 1. The zero-order valence-corrected chi connectivity index (χ0v) is 12.8. The van der Waals surface area contributed by atoms with Gasteiger partial charge in [0.25, 0.3) is 0 Å². The summed E-state index contributed by atoms with van der Waals surface area (Å²) in [7, 11) is 3.18. The van der Waals surface area contributed by atoms with E-state index in [1.54, 1.807) is 32.4 Å². The van der Waals surface area contributed by atoms with Gasteiger partial charge in [-0.25, -0.2) is 0 Å². The molecule has 0 atom stereocenters. The minimum absolute atomic E-state index is 0.544. The predicted molar refractivity (Wildman–Crippen MR) is 83.8 cm³/mol. The zero-order valence-electron chi connectivity index (χ0n) is 12.1. The van der Waals surface area contributed by atoms with Crippen LogP contribution in [0.1, 0.15) is 5.56 Å². The minimum Gasteiger partial charge on any atom is -0.496 e. The summed E-state index contributed by atoms with van der Waals surface area (Å²) in [5.41, 5.74) is 6.62. The Kier molecular flexibility index (Phi) is 5.31. The van der Waals surface area contributed by atoms with Crippen LogP contribution in [0.2, 0.25) is 5.02 Å². The molecule has 0 aliphatic heterocycles. The van der Waals surface area contributed by atoms with Crippen LogP contribution in [0.3, 0.4) is 0 Å². The molecule has 2 rings (SSSR count). The standard InChI is InChI=1S/C16H18ClNO3/c1-19-12-8-13(20-2)10-14(9-12)21-16-4-3-11(5-6-18)7-15(16)17/h3-4,7-10H,5-6,18H2,1-2H3. The van der Waals surface area contributed by atoms with Crippen LogP contribution in [-0.4, -0.2) is 20.8 Å². The minimum atomic E-state index is 0.544. The highest BCUT2D eigenvalue weighted by Gasteiger charge is 2.07. The fourth-order valence-electron chi connectivity index (χ4n) is 1.92. The molecule has 2 N–H and O–H groups in total. The summed E-state index contributed by atoms with van der Waals surface area (Å²) in [5, 5.41) is 0.544. The summed E-state index contributed by atoms with van der Waals surface area (Å²) in [6, 6.07) is 11.0. The number of methoxy groups -OCH3 is 2. The molecular weight excluding hydrogens is 290 g/mol. The Morgan fingerprint density at radius 2 is 1.57 bits per heavy atom. The summed E-state index contributed by atoms with van der Waals surface area (Å²) in [6.45, 7) is 0.587. The number of halogens is 1. The van der Waals surface area contributed by atoms with E-state index in [1.165, 1.54) is 0 Å². The number of ether oxygens (including phenoxy) is 3. The molecule has 0 unspecified atom stereocenters. The second-order valence-corrected chi connectivity index (χ2v) is 4.86. The molecule has 0 radical (unpaired) electrons. The van der Waals surface area contributed by atoms with Crippen molar-refractivity contribution in [2.75, 3.05) is 20.8 Å². The number of rotatable bonds is 6. The van der Waals surface area contributed by atoms with E-state index >= 15 is 0 Å². The third kappa shape index (κ3) is 4.03. The molecule has 0 aromatic heterocycles. The fourth-order valence-corrected chi connectivity index (χ4v) is 2.16. The Hall–Kier alpha value is -1.91. The second kappa shape index (κ2) is 7.20. The number of hydrogen-bond acceptors (Lipinski definition) is 4. The van der Waals surface area contributed by atoms with Crippen LogP contribution < -0.4 is 19.9 Å². The van der Waals surface area contributed by atoms with Crippen LogP contribution in [0.15, 0.2) is 36.4 Å². The molecular formula is C16H18ClNO3. The molecule has 0 aliphatic carbocycles. The van der Waals surface area contributed by atoms with E-state index in [9.17, 15) is 0 Å². The first kappa shape index (κ1) is 15.5. The monoisotopic (exact) mass is 307 g/mol. The molecule has 112 valence electrons. The van der Waals surface area contributed by atoms with Gasteiger partial charge in [-0.1, -0.05) is 17.7 Å². The summed E-state index contributed by atoms with van der Waals surface area (Å²) in [6.07, 6.45) is 0.785. The lowest BCUT2D eigenvalue weighted by Gasteiger charge is -2.11. The van der Waals surface area contributed by atoms with Crippen molar-refractivity contribution < 1.29 is 14.2 Å². The van der Waals surface area contributed by atoms with Gasteiger partial charge in [0.15, 0.2) is 0 Å². The molecule has 0 bridgehead atoms. The van der Waals surface area contributed by atoms with Crippen molar-refractivity contribution in [3.8, 4) is 23.0 Å². The normalized spacial score (nSPS) is 10.3. The van der Waals surface area contributed by atoms with Crippen molar-refractivity contribution in [3.05, 3.63) is 47.0 Å². The lowest BCUT2D eigenvalue weighted by atomic mass is 10.1. The fraction of sp³-hybridized carbons (Fsp3) is 0.250. The van der Waals surface area contributed by atoms with Gasteiger partial charge in [-0.3, -0.25) is 0 Å². The molecule has 0 heterocycles. The lowest BCUT2D eigenvalue weighted by molar-refractivity contribution is 0.386. The average molecular weight is 308 g/mol. The van der Waals surface area contributed by atoms with E-state index in [0.717, 1.165) is 12.0 Å². The van der Waals surface area contributed by atoms with Gasteiger partial charge in [0.05, 0.1) is 19.2 Å². The van der Waals surface area contributed by atoms with Gasteiger partial charge in [0, 0.05) is 18.2 Å². The van der Waals surface area contributed by atoms with Gasteiger partial charge >= 0.3 is 0 Å². The van der Waals surface area contributed by atoms with E-state index in [0.29, 0.717) is 34.6 Å². The van der Waals surface area contributed by atoms with Crippen molar-refractivity contribution in [3.63, 3.8) is 0 Å². The van der Waals surface area contributed by atoms with Crippen LogP contribution in [0.5, 0.6) is 23.0 Å². The largest absolute Gasteiger partial charge is 0.496 e. The SMILES string of the molecule is COc1cc(OC)cc(Oc2ccc(CCN)cc2Cl)c1. The van der Waals surface area contributed by atoms with Crippen LogP contribution in [-0.2, 0) is 6.42 Å². The second-order valence-electron chi connectivity index (χ2n) is 4.45. The Labute approximate surface area is 129 Å². The summed E-state index contributed by atoms with van der Waals surface area (Å²) in [5.74, 6) is 2.48. The third-order valence-corrected chi connectivity index (χ3v) is 3.28. The van der Waals surface area contributed by atoms with E-state index in [2.05, 4.69) is 0 Å². The Bertz CT molecular complexity index is 594. The molecule has 0 spiro atoms. The van der Waals surface area contributed by atoms with Crippen LogP contribution >= 0.6 is 11.6 Å².